The van der Waals surface area contributed by atoms with E-state index in [-0.39, 0.29) is 0 Å². The van der Waals surface area contributed by atoms with Gasteiger partial charge in [-0.2, -0.15) is 0 Å². The van der Waals surface area contributed by atoms with Crippen LogP contribution in [0.2, 0.25) is 0 Å². The van der Waals surface area contributed by atoms with E-state index in [2.05, 4.69) is 46.4 Å². The highest BCUT2D eigenvalue weighted by Gasteiger charge is 2.09. The summed E-state index contributed by atoms with van der Waals surface area (Å²) in [6.45, 7) is 1.85. The maximum absolute atomic E-state index is 4.30. The molecule has 0 amide bonds. The zero-order chi connectivity index (χ0) is 11.5. The van der Waals surface area contributed by atoms with Crippen molar-refractivity contribution in [2.24, 2.45) is 0 Å². The van der Waals surface area contributed by atoms with Gasteiger partial charge in [-0.05, 0) is 34.6 Å². The Bertz CT molecular complexity index is 499. The third-order valence-corrected chi connectivity index (χ3v) is 3.41. The Morgan fingerprint density at radius 3 is 2.88 bits per heavy atom. The summed E-state index contributed by atoms with van der Waals surface area (Å²) in [7, 11) is 1.77. The van der Waals surface area contributed by atoms with Crippen molar-refractivity contribution in [1.29, 1.82) is 0 Å². The smallest absolute Gasteiger partial charge is 0.223 e. The van der Waals surface area contributed by atoms with Crippen molar-refractivity contribution in [3.8, 4) is 0 Å². The summed E-state index contributed by atoms with van der Waals surface area (Å²) in [4.78, 5) is 12.6. The number of halogens is 1. The molecule has 0 fully saturated rings. The topological polar surface area (TPSA) is 79.4 Å². The van der Waals surface area contributed by atoms with Crippen LogP contribution in [0.1, 0.15) is 5.82 Å². The molecule has 0 radical (unpaired) electrons. The third-order valence-electron chi connectivity index (χ3n) is 1.70. The zero-order valence-corrected chi connectivity index (χ0v) is 11.1. The fourth-order valence-corrected chi connectivity index (χ4v) is 2.16. The molecule has 0 saturated carbocycles. The molecule has 2 heterocycles. The first-order valence-corrected chi connectivity index (χ1v) is 6.07. The van der Waals surface area contributed by atoms with Crippen molar-refractivity contribution in [2.75, 3.05) is 12.4 Å². The molecular weight excluding hydrogens is 292 g/mol. The van der Waals surface area contributed by atoms with Crippen LogP contribution in [-0.4, -0.2) is 32.2 Å². The third kappa shape index (κ3) is 2.50. The summed E-state index contributed by atoms with van der Waals surface area (Å²) < 4.78 is 0.818. The summed E-state index contributed by atoms with van der Waals surface area (Å²) in [5.41, 5.74) is 0. The van der Waals surface area contributed by atoms with Crippen molar-refractivity contribution >= 4 is 33.6 Å². The number of aryl methyl sites for hydroxylation is 1. The van der Waals surface area contributed by atoms with Gasteiger partial charge in [0.25, 0.3) is 0 Å². The molecule has 84 valence electrons. The molecule has 0 saturated heterocycles. The summed E-state index contributed by atoms with van der Waals surface area (Å²) in [6, 6.07) is 0. The van der Waals surface area contributed by atoms with Gasteiger partial charge < -0.3 is 5.32 Å². The highest BCUT2D eigenvalue weighted by Crippen LogP contribution is 2.29. The number of aromatic amines is 1. The minimum absolute atomic E-state index is 0.568. The Hall–Kier alpha value is -1.15. The van der Waals surface area contributed by atoms with Crippen LogP contribution in [-0.2, 0) is 0 Å². The predicted molar refractivity (Wildman–Crippen MR) is 64.5 cm³/mol. The van der Waals surface area contributed by atoms with E-state index in [0.717, 1.165) is 15.3 Å². The maximum Gasteiger partial charge on any atom is 0.223 e. The zero-order valence-electron chi connectivity index (χ0n) is 8.65. The molecule has 0 unspecified atom stereocenters. The second-order valence-electron chi connectivity index (χ2n) is 2.90. The van der Waals surface area contributed by atoms with Crippen LogP contribution < -0.4 is 5.32 Å². The van der Waals surface area contributed by atoms with Gasteiger partial charge in [0.15, 0.2) is 0 Å². The number of nitrogens with zero attached hydrogens (tertiary/aromatic N) is 4. The molecule has 0 atom stereocenters. The highest BCUT2D eigenvalue weighted by atomic mass is 79.9. The standard InChI is InChI=1S/C8H9BrN6S/c1-4-12-8(15-14-4)16-6-5(9)3-11-7(10-2)13-6/h3H,1-2H3,(H,10,11,13)(H,12,14,15). The minimum atomic E-state index is 0.568. The molecule has 2 rings (SSSR count). The van der Waals surface area contributed by atoms with Crippen LogP contribution in [0.25, 0.3) is 0 Å². The second kappa shape index (κ2) is 4.79. The molecule has 2 aromatic rings. The number of rotatable bonds is 3. The van der Waals surface area contributed by atoms with Crippen molar-refractivity contribution < 1.29 is 0 Å². The first-order valence-electron chi connectivity index (χ1n) is 4.46. The molecule has 8 heteroatoms. The van der Waals surface area contributed by atoms with E-state index in [4.69, 9.17) is 0 Å². The van der Waals surface area contributed by atoms with E-state index in [1.165, 1.54) is 11.8 Å². The normalized spacial score (nSPS) is 10.4. The van der Waals surface area contributed by atoms with Gasteiger partial charge in [-0.15, -0.1) is 5.10 Å². The number of hydrogen-bond acceptors (Lipinski definition) is 6. The highest BCUT2D eigenvalue weighted by molar-refractivity contribution is 9.10. The average Bonchev–Trinajstić information content (AvgIpc) is 2.67. The van der Waals surface area contributed by atoms with E-state index in [0.29, 0.717) is 11.1 Å². The first-order chi connectivity index (χ1) is 7.69. The number of anilines is 1. The number of nitrogens with one attached hydrogen (secondary N) is 2. The predicted octanol–water partition coefficient (Wildman–Crippen LogP) is 1.86. The largest absolute Gasteiger partial charge is 0.357 e. The monoisotopic (exact) mass is 300 g/mol. The summed E-state index contributed by atoms with van der Waals surface area (Å²) in [5.74, 6) is 1.35. The second-order valence-corrected chi connectivity index (χ2v) is 4.71. The molecular formula is C8H9BrN6S. The summed E-state index contributed by atoms with van der Waals surface area (Å²) in [6.07, 6.45) is 1.70. The van der Waals surface area contributed by atoms with Crippen LogP contribution in [0.3, 0.4) is 0 Å². The Morgan fingerprint density at radius 2 is 2.25 bits per heavy atom. The van der Waals surface area contributed by atoms with Crippen molar-refractivity contribution in [1.82, 2.24) is 25.1 Å². The van der Waals surface area contributed by atoms with Crippen molar-refractivity contribution in [3.05, 3.63) is 16.5 Å². The van der Waals surface area contributed by atoms with Crippen LogP contribution in [0.15, 0.2) is 20.9 Å². The fourth-order valence-electron chi connectivity index (χ4n) is 0.998. The molecule has 2 aromatic heterocycles. The van der Waals surface area contributed by atoms with E-state index in [1.54, 1.807) is 13.2 Å². The Kier molecular flexibility index (Phi) is 3.39. The molecule has 2 N–H and O–H groups in total. The van der Waals surface area contributed by atoms with E-state index in [1.807, 2.05) is 6.92 Å². The van der Waals surface area contributed by atoms with Gasteiger partial charge in [-0.3, -0.25) is 5.10 Å². The molecule has 0 aliphatic carbocycles. The fraction of sp³-hybridized carbons (Fsp3) is 0.250. The molecule has 0 spiro atoms. The van der Waals surface area contributed by atoms with Gasteiger partial charge in [-0.1, -0.05) is 0 Å². The lowest BCUT2D eigenvalue weighted by Gasteiger charge is -2.02. The van der Waals surface area contributed by atoms with Gasteiger partial charge in [0.2, 0.25) is 11.1 Å². The molecule has 0 bridgehead atoms. The molecule has 6 nitrogen and oxygen atoms in total. The van der Waals surface area contributed by atoms with Gasteiger partial charge in [0.1, 0.15) is 10.9 Å². The molecule has 16 heavy (non-hydrogen) atoms. The van der Waals surface area contributed by atoms with E-state index in [9.17, 15) is 0 Å². The lowest BCUT2D eigenvalue weighted by molar-refractivity contribution is 0.957. The number of H-pyrrole nitrogens is 1. The maximum atomic E-state index is 4.30. The van der Waals surface area contributed by atoms with Crippen LogP contribution in [0, 0.1) is 6.92 Å². The molecule has 0 aliphatic heterocycles. The van der Waals surface area contributed by atoms with Gasteiger partial charge >= 0.3 is 0 Å². The first kappa shape index (κ1) is 11.3. The van der Waals surface area contributed by atoms with E-state index >= 15 is 0 Å². The van der Waals surface area contributed by atoms with Crippen LogP contribution in [0.4, 0.5) is 5.95 Å². The van der Waals surface area contributed by atoms with Crippen LogP contribution >= 0.6 is 27.7 Å². The average molecular weight is 301 g/mol. The number of hydrogen-bond donors (Lipinski definition) is 2. The Balaban J connectivity index is 2.26. The van der Waals surface area contributed by atoms with Gasteiger partial charge in [0.05, 0.1) is 4.47 Å². The summed E-state index contributed by atoms with van der Waals surface area (Å²) >= 11 is 4.76. The Labute approximate surface area is 105 Å². The lowest BCUT2D eigenvalue weighted by atomic mass is 10.7. The van der Waals surface area contributed by atoms with Gasteiger partial charge in [0, 0.05) is 13.2 Å². The lowest BCUT2D eigenvalue weighted by Crippen LogP contribution is -1.97. The van der Waals surface area contributed by atoms with Gasteiger partial charge in [-0.25, -0.2) is 15.0 Å². The van der Waals surface area contributed by atoms with Crippen molar-refractivity contribution in [3.63, 3.8) is 0 Å². The number of aromatic nitrogens is 5. The van der Waals surface area contributed by atoms with Crippen LogP contribution in [0.5, 0.6) is 0 Å². The SMILES string of the molecule is CNc1ncc(Br)c(Sc2n[nH]c(C)n2)n1. The molecule has 0 aromatic carbocycles. The van der Waals surface area contributed by atoms with Crippen molar-refractivity contribution in [2.45, 2.75) is 17.1 Å². The Morgan fingerprint density at radius 1 is 1.44 bits per heavy atom. The summed E-state index contributed by atoms with van der Waals surface area (Å²) in [5, 5.41) is 11.1. The molecule has 0 aliphatic rings. The minimum Gasteiger partial charge on any atom is -0.357 e. The quantitative estimate of drug-likeness (QED) is 0.842. The van der Waals surface area contributed by atoms with E-state index < -0.39 is 0 Å².